The molecular weight excluding hydrogens is 336 g/mol. The van der Waals surface area contributed by atoms with Crippen LogP contribution in [0.5, 0.6) is 0 Å². The molecule has 0 bridgehead atoms. The zero-order valence-electron chi connectivity index (χ0n) is 15.9. The summed E-state index contributed by atoms with van der Waals surface area (Å²) in [5, 5.41) is 0. The summed E-state index contributed by atoms with van der Waals surface area (Å²) in [4.78, 5) is 23.7. The fourth-order valence-corrected chi connectivity index (χ4v) is 3.67. The molecule has 0 amide bonds. The molecule has 0 heterocycles. The monoisotopic (exact) mass is 364 g/mol. The van der Waals surface area contributed by atoms with Gasteiger partial charge in [-0.15, -0.1) is 0 Å². The number of esters is 1. The third-order valence-electron chi connectivity index (χ3n) is 5.29. The van der Waals surface area contributed by atoms with Crippen LogP contribution in [0.4, 0.5) is 0 Å². The number of carbonyl (C=O) groups is 2. The van der Waals surface area contributed by atoms with Crippen molar-refractivity contribution in [3.05, 3.63) is 71.3 Å². The van der Waals surface area contributed by atoms with E-state index >= 15 is 0 Å². The molecule has 0 radical (unpaired) electrons. The van der Waals surface area contributed by atoms with Crippen molar-refractivity contribution in [2.24, 2.45) is 5.92 Å². The zero-order chi connectivity index (χ0) is 18.9. The number of hydrogen-bond acceptors (Lipinski definition) is 3. The van der Waals surface area contributed by atoms with Crippen molar-refractivity contribution < 1.29 is 14.3 Å². The fourth-order valence-electron chi connectivity index (χ4n) is 3.67. The van der Waals surface area contributed by atoms with E-state index in [2.05, 4.69) is 24.3 Å². The maximum atomic E-state index is 11.9. The topological polar surface area (TPSA) is 43.4 Å². The predicted octanol–water partition coefficient (Wildman–Crippen LogP) is 5.25. The van der Waals surface area contributed by atoms with E-state index in [0.717, 1.165) is 50.5 Å². The number of Topliss-reactive ketones (excluding diaryl/α,β-unsaturated/α-hetero) is 1. The Morgan fingerprint density at radius 2 is 1.63 bits per heavy atom. The Hall–Kier alpha value is -2.42. The van der Waals surface area contributed by atoms with Crippen LogP contribution in [0.3, 0.4) is 0 Å². The molecule has 3 nitrogen and oxygen atoms in total. The first kappa shape index (κ1) is 19.3. The summed E-state index contributed by atoms with van der Waals surface area (Å²) in [5.74, 6) is 0.375. The molecule has 142 valence electrons. The van der Waals surface area contributed by atoms with Gasteiger partial charge in [0.05, 0.1) is 0 Å². The van der Waals surface area contributed by atoms with Gasteiger partial charge in [0.15, 0.2) is 0 Å². The number of rotatable bonds is 8. The minimum atomic E-state index is -0.174. The van der Waals surface area contributed by atoms with Crippen LogP contribution in [0.25, 0.3) is 0 Å². The molecule has 0 spiro atoms. The van der Waals surface area contributed by atoms with Crippen LogP contribution in [0.15, 0.2) is 54.6 Å². The molecule has 1 fully saturated rings. The van der Waals surface area contributed by atoms with Crippen LogP contribution in [0, 0.1) is 5.92 Å². The van der Waals surface area contributed by atoms with Gasteiger partial charge in [-0.1, -0.05) is 61.0 Å². The Bertz CT molecular complexity index is 734. The normalized spacial score (nSPS) is 16.9. The first-order valence-corrected chi connectivity index (χ1v) is 10.0. The van der Waals surface area contributed by atoms with Crippen molar-refractivity contribution in [1.29, 1.82) is 0 Å². The van der Waals surface area contributed by atoms with E-state index in [1.807, 2.05) is 30.3 Å². The van der Waals surface area contributed by atoms with Crippen LogP contribution in [0.1, 0.15) is 61.6 Å². The van der Waals surface area contributed by atoms with Gasteiger partial charge >= 0.3 is 5.97 Å². The molecule has 1 unspecified atom stereocenters. The average Bonchev–Trinajstić information content (AvgIpc) is 2.70. The quantitative estimate of drug-likeness (QED) is 0.601. The minimum absolute atomic E-state index is 0.170. The van der Waals surface area contributed by atoms with Crippen LogP contribution >= 0.6 is 0 Å². The van der Waals surface area contributed by atoms with Crippen molar-refractivity contribution in [2.75, 3.05) is 0 Å². The largest absolute Gasteiger partial charge is 0.461 e. The molecular formula is C24H28O3. The molecule has 1 atom stereocenters. The molecule has 27 heavy (non-hydrogen) atoms. The van der Waals surface area contributed by atoms with Crippen molar-refractivity contribution in [1.82, 2.24) is 0 Å². The third-order valence-corrected chi connectivity index (χ3v) is 5.29. The van der Waals surface area contributed by atoms with Gasteiger partial charge in [-0.2, -0.15) is 0 Å². The van der Waals surface area contributed by atoms with E-state index in [0.29, 0.717) is 18.8 Å². The van der Waals surface area contributed by atoms with Gasteiger partial charge in [0.25, 0.3) is 0 Å². The van der Waals surface area contributed by atoms with Crippen LogP contribution in [-0.4, -0.2) is 11.8 Å². The lowest BCUT2D eigenvalue weighted by Crippen LogP contribution is -2.19. The second-order valence-electron chi connectivity index (χ2n) is 7.44. The molecule has 0 aromatic heterocycles. The van der Waals surface area contributed by atoms with E-state index in [9.17, 15) is 9.59 Å². The summed E-state index contributed by atoms with van der Waals surface area (Å²) >= 11 is 0. The lowest BCUT2D eigenvalue weighted by atomic mass is 9.84. The highest BCUT2D eigenvalue weighted by Gasteiger charge is 2.21. The first-order valence-electron chi connectivity index (χ1n) is 10.0. The number of ketones is 1. The molecule has 2 aromatic carbocycles. The number of benzene rings is 2. The highest BCUT2D eigenvalue weighted by atomic mass is 16.5. The lowest BCUT2D eigenvalue weighted by molar-refractivity contribution is -0.145. The second-order valence-corrected chi connectivity index (χ2v) is 7.44. The highest BCUT2D eigenvalue weighted by Crippen LogP contribution is 2.25. The summed E-state index contributed by atoms with van der Waals surface area (Å²) in [5.41, 5.74) is 3.53. The SMILES string of the molecule is O=C(CCCC1CCCCC1=O)OCc1ccc(Cc2ccccc2)cc1. The van der Waals surface area contributed by atoms with E-state index in [4.69, 9.17) is 4.74 Å². The highest BCUT2D eigenvalue weighted by molar-refractivity contribution is 5.81. The minimum Gasteiger partial charge on any atom is -0.461 e. The summed E-state index contributed by atoms with van der Waals surface area (Å²) < 4.78 is 5.38. The van der Waals surface area contributed by atoms with Gasteiger partial charge in [-0.05, 0) is 48.8 Å². The summed E-state index contributed by atoms with van der Waals surface area (Å²) in [6.45, 7) is 0.312. The van der Waals surface area contributed by atoms with Gasteiger partial charge in [0.1, 0.15) is 12.4 Å². The van der Waals surface area contributed by atoms with Gasteiger partial charge in [0, 0.05) is 18.8 Å². The van der Waals surface area contributed by atoms with E-state index < -0.39 is 0 Å². The van der Waals surface area contributed by atoms with Crippen molar-refractivity contribution in [3.8, 4) is 0 Å². The molecule has 0 saturated heterocycles. The van der Waals surface area contributed by atoms with Crippen LogP contribution in [-0.2, 0) is 27.4 Å². The molecule has 0 aliphatic heterocycles. The smallest absolute Gasteiger partial charge is 0.306 e. The Labute approximate surface area is 161 Å². The van der Waals surface area contributed by atoms with E-state index in [1.54, 1.807) is 0 Å². The summed E-state index contributed by atoms with van der Waals surface area (Å²) in [6, 6.07) is 18.6. The standard InChI is InChI=1S/C24H28O3/c25-23-11-5-4-9-22(23)10-6-12-24(26)27-18-21-15-13-20(14-16-21)17-19-7-2-1-3-8-19/h1-3,7-8,13-16,22H,4-6,9-12,17-18H2. The Kier molecular flexibility index (Phi) is 7.20. The zero-order valence-corrected chi connectivity index (χ0v) is 15.9. The molecule has 3 rings (SSSR count). The lowest BCUT2D eigenvalue weighted by Gasteiger charge is -2.19. The van der Waals surface area contributed by atoms with E-state index in [-0.39, 0.29) is 11.9 Å². The van der Waals surface area contributed by atoms with Crippen LogP contribution in [0.2, 0.25) is 0 Å². The maximum absolute atomic E-state index is 11.9. The van der Waals surface area contributed by atoms with Gasteiger partial charge in [-0.3, -0.25) is 9.59 Å². The van der Waals surface area contributed by atoms with E-state index in [1.165, 1.54) is 11.1 Å². The number of ether oxygens (including phenoxy) is 1. The Morgan fingerprint density at radius 1 is 0.926 bits per heavy atom. The van der Waals surface area contributed by atoms with Crippen molar-refractivity contribution in [2.45, 2.75) is 58.0 Å². The Morgan fingerprint density at radius 3 is 2.37 bits per heavy atom. The molecule has 1 saturated carbocycles. The fraction of sp³-hybridized carbons (Fsp3) is 0.417. The third kappa shape index (κ3) is 6.35. The summed E-state index contributed by atoms with van der Waals surface area (Å²) in [7, 11) is 0. The molecule has 2 aromatic rings. The van der Waals surface area contributed by atoms with Crippen molar-refractivity contribution in [3.63, 3.8) is 0 Å². The van der Waals surface area contributed by atoms with Crippen LogP contribution < -0.4 is 0 Å². The first-order chi connectivity index (χ1) is 13.2. The molecule has 1 aliphatic rings. The van der Waals surface area contributed by atoms with Gasteiger partial charge in [-0.25, -0.2) is 0 Å². The number of hydrogen-bond donors (Lipinski definition) is 0. The Balaban J connectivity index is 1.36. The maximum Gasteiger partial charge on any atom is 0.306 e. The van der Waals surface area contributed by atoms with Gasteiger partial charge in [0.2, 0.25) is 0 Å². The van der Waals surface area contributed by atoms with Gasteiger partial charge < -0.3 is 4.74 Å². The number of carbonyl (C=O) groups excluding carboxylic acids is 2. The predicted molar refractivity (Wildman–Crippen MR) is 106 cm³/mol. The molecule has 0 N–H and O–H groups in total. The average molecular weight is 364 g/mol. The van der Waals surface area contributed by atoms with Crippen molar-refractivity contribution >= 4 is 11.8 Å². The molecule has 3 heteroatoms. The second kappa shape index (κ2) is 10.1. The summed E-state index contributed by atoms with van der Waals surface area (Å²) in [6.07, 6.45) is 6.74. The molecule has 1 aliphatic carbocycles.